The molecule has 2 N–H and O–H groups in total. The van der Waals surface area contributed by atoms with E-state index in [2.05, 4.69) is 0 Å². The second-order valence-electron chi connectivity index (χ2n) is 6.19. The summed E-state index contributed by atoms with van der Waals surface area (Å²) in [7, 11) is 0. The standard InChI is InChI=1S/C17H25NO4S/c1-4-6-9-22-15(19)13-11-7-8-17(3,16(20)21-5-2)10-12(11)23-14(13)18/h4-10,18H2,1-3H3. The molecule has 1 aromatic heterocycles. The first-order valence-corrected chi connectivity index (χ1v) is 8.99. The zero-order chi connectivity index (χ0) is 17.0. The molecule has 1 aromatic rings. The Labute approximate surface area is 141 Å². The first-order chi connectivity index (χ1) is 10.9. The van der Waals surface area contributed by atoms with E-state index in [1.165, 1.54) is 11.3 Å². The van der Waals surface area contributed by atoms with Crippen molar-refractivity contribution < 1.29 is 19.1 Å². The van der Waals surface area contributed by atoms with Gasteiger partial charge in [0.1, 0.15) is 5.00 Å². The first kappa shape index (κ1) is 17.8. The molecule has 1 unspecified atom stereocenters. The molecule has 0 saturated heterocycles. The number of nitrogens with two attached hydrogens (primary N) is 1. The summed E-state index contributed by atoms with van der Waals surface area (Å²) in [4.78, 5) is 25.5. The highest BCUT2D eigenvalue weighted by Gasteiger charge is 2.41. The van der Waals surface area contributed by atoms with Crippen LogP contribution in [0.1, 0.15) is 60.8 Å². The number of hydrogen-bond donors (Lipinski definition) is 1. The average Bonchev–Trinajstić information content (AvgIpc) is 2.82. The van der Waals surface area contributed by atoms with Gasteiger partial charge in [-0.15, -0.1) is 11.3 Å². The van der Waals surface area contributed by atoms with Crippen molar-refractivity contribution >= 4 is 28.3 Å². The van der Waals surface area contributed by atoms with Gasteiger partial charge in [-0.25, -0.2) is 4.79 Å². The van der Waals surface area contributed by atoms with Gasteiger partial charge in [0.05, 0.1) is 24.2 Å². The quantitative estimate of drug-likeness (QED) is 0.635. The van der Waals surface area contributed by atoms with E-state index in [-0.39, 0.29) is 11.9 Å². The molecule has 0 aliphatic heterocycles. The van der Waals surface area contributed by atoms with Crippen LogP contribution in [-0.4, -0.2) is 25.2 Å². The van der Waals surface area contributed by atoms with E-state index in [1.54, 1.807) is 0 Å². The van der Waals surface area contributed by atoms with Gasteiger partial charge in [0.15, 0.2) is 0 Å². The summed E-state index contributed by atoms with van der Waals surface area (Å²) in [5.74, 6) is -0.516. The maximum absolute atomic E-state index is 12.3. The van der Waals surface area contributed by atoms with E-state index >= 15 is 0 Å². The molecule has 0 radical (unpaired) electrons. The maximum Gasteiger partial charge on any atom is 0.341 e. The predicted molar refractivity (Wildman–Crippen MR) is 90.7 cm³/mol. The summed E-state index contributed by atoms with van der Waals surface area (Å²) in [5, 5.41) is 0.490. The van der Waals surface area contributed by atoms with E-state index in [1.807, 2.05) is 20.8 Å². The lowest BCUT2D eigenvalue weighted by Gasteiger charge is -2.31. The highest BCUT2D eigenvalue weighted by Crippen LogP contribution is 2.43. The largest absolute Gasteiger partial charge is 0.466 e. The van der Waals surface area contributed by atoms with Crippen LogP contribution in [0.4, 0.5) is 5.00 Å². The Bertz CT molecular complexity index is 596. The number of rotatable bonds is 6. The number of unbranched alkanes of at least 4 members (excludes halogenated alkanes) is 1. The number of anilines is 1. The molecule has 1 aliphatic carbocycles. The second-order valence-corrected chi connectivity index (χ2v) is 7.33. The Morgan fingerprint density at radius 1 is 1.30 bits per heavy atom. The monoisotopic (exact) mass is 339 g/mol. The minimum absolute atomic E-state index is 0.176. The molecule has 0 aromatic carbocycles. The summed E-state index contributed by atoms with van der Waals surface area (Å²) >= 11 is 1.39. The van der Waals surface area contributed by atoms with Gasteiger partial charge in [-0.1, -0.05) is 13.3 Å². The van der Waals surface area contributed by atoms with Crippen LogP contribution in [0.3, 0.4) is 0 Å². The Hall–Kier alpha value is -1.56. The zero-order valence-corrected chi connectivity index (χ0v) is 14.9. The van der Waals surface area contributed by atoms with Crippen LogP contribution in [0.5, 0.6) is 0 Å². The van der Waals surface area contributed by atoms with E-state index in [4.69, 9.17) is 15.2 Å². The van der Waals surface area contributed by atoms with Gasteiger partial charge < -0.3 is 15.2 Å². The van der Waals surface area contributed by atoms with Crippen LogP contribution in [-0.2, 0) is 27.1 Å². The maximum atomic E-state index is 12.3. The van der Waals surface area contributed by atoms with Gasteiger partial charge in [-0.3, -0.25) is 4.79 Å². The van der Waals surface area contributed by atoms with E-state index in [9.17, 15) is 9.59 Å². The third-order valence-corrected chi connectivity index (χ3v) is 5.36. The van der Waals surface area contributed by atoms with E-state index in [0.29, 0.717) is 43.0 Å². The fraction of sp³-hybridized carbons (Fsp3) is 0.647. The molecule has 1 atom stereocenters. The molecule has 23 heavy (non-hydrogen) atoms. The zero-order valence-electron chi connectivity index (χ0n) is 14.1. The van der Waals surface area contributed by atoms with Gasteiger partial charge in [0.25, 0.3) is 0 Å². The highest BCUT2D eigenvalue weighted by molar-refractivity contribution is 7.16. The van der Waals surface area contributed by atoms with Crippen molar-refractivity contribution in [1.82, 2.24) is 0 Å². The molecule has 5 nitrogen and oxygen atoms in total. The number of carbonyl (C=O) groups excluding carboxylic acids is 2. The summed E-state index contributed by atoms with van der Waals surface area (Å²) in [6, 6.07) is 0. The van der Waals surface area contributed by atoms with Crippen molar-refractivity contribution in [2.24, 2.45) is 5.41 Å². The topological polar surface area (TPSA) is 78.6 Å². The summed E-state index contributed by atoms with van der Waals surface area (Å²) in [5.41, 5.74) is 6.97. The lowest BCUT2D eigenvalue weighted by molar-refractivity contribution is -0.155. The van der Waals surface area contributed by atoms with Gasteiger partial charge in [-0.2, -0.15) is 0 Å². The summed E-state index contributed by atoms with van der Waals surface area (Å²) in [6.07, 6.45) is 3.69. The molecule has 1 heterocycles. The first-order valence-electron chi connectivity index (χ1n) is 8.17. The number of fused-ring (bicyclic) bond motifs is 1. The number of ether oxygens (including phenoxy) is 2. The number of thiophene rings is 1. The molecular weight excluding hydrogens is 314 g/mol. The Morgan fingerprint density at radius 3 is 2.70 bits per heavy atom. The number of carbonyl (C=O) groups is 2. The van der Waals surface area contributed by atoms with Crippen LogP contribution in [0.15, 0.2) is 0 Å². The molecule has 0 amide bonds. The van der Waals surface area contributed by atoms with Crippen LogP contribution in [0, 0.1) is 5.41 Å². The number of hydrogen-bond acceptors (Lipinski definition) is 6. The third-order valence-electron chi connectivity index (χ3n) is 4.30. The van der Waals surface area contributed by atoms with Crippen LogP contribution < -0.4 is 5.73 Å². The second kappa shape index (κ2) is 7.34. The summed E-state index contributed by atoms with van der Waals surface area (Å²) in [6.45, 7) is 6.57. The van der Waals surface area contributed by atoms with Crippen LogP contribution in [0.2, 0.25) is 0 Å². The Balaban J connectivity index is 2.19. The smallest absolute Gasteiger partial charge is 0.341 e. The Morgan fingerprint density at radius 2 is 2.04 bits per heavy atom. The van der Waals surface area contributed by atoms with Gasteiger partial charge >= 0.3 is 11.9 Å². The van der Waals surface area contributed by atoms with E-state index < -0.39 is 5.41 Å². The van der Waals surface area contributed by atoms with Crippen molar-refractivity contribution in [3.63, 3.8) is 0 Å². The number of esters is 2. The van der Waals surface area contributed by atoms with E-state index in [0.717, 1.165) is 23.3 Å². The minimum Gasteiger partial charge on any atom is -0.466 e. The minimum atomic E-state index is -0.538. The van der Waals surface area contributed by atoms with Crippen molar-refractivity contribution in [2.45, 2.75) is 52.9 Å². The van der Waals surface area contributed by atoms with Gasteiger partial charge in [-0.05, 0) is 45.1 Å². The third kappa shape index (κ3) is 3.68. The fourth-order valence-electron chi connectivity index (χ4n) is 2.87. The number of nitrogen functional groups attached to an aromatic ring is 1. The molecule has 0 fully saturated rings. The van der Waals surface area contributed by atoms with Crippen molar-refractivity contribution in [2.75, 3.05) is 18.9 Å². The van der Waals surface area contributed by atoms with Crippen molar-refractivity contribution in [3.05, 3.63) is 16.0 Å². The molecule has 6 heteroatoms. The molecule has 0 bridgehead atoms. The van der Waals surface area contributed by atoms with Gasteiger partial charge in [0.2, 0.25) is 0 Å². The van der Waals surface area contributed by atoms with Crippen LogP contribution in [0.25, 0.3) is 0 Å². The summed E-state index contributed by atoms with van der Waals surface area (Å²) < 4.78 is 10.5. The van der Waals surface area contributed by atoms with Crippen molar-refractivity contribution in [1.29, 1.82) is 0 Å². The lowest BCUT2D eigenvalue weighted by Crippen LogP contribution is -2.35. The Kier molecular flexibility index (Phi) is 5.68. The average molecular weight is 339 g/mol. The predicted octanol–water partition coefficient (Wildman–Crippen LogP) is 3.35. The lowest BCUT2D eigenvalue weighted by atomic mass is 9.75. The van der Waals surface area contributed by atoms with Crippen molar-refractivity contribution in [3.8, 4) is 0 Å². The van der Waals surface area contributed by atoms with Crippen LogP contribution >= 0.6 is 11.3 Å². The fourth-order valence-corrected chi connectivity index (χ4v) is 4.16. The highest BCUT2D eigenvalue weighted by atomic mass is 32.1. The molecular formula is C17H25NO4S. The molecule has 0 spiro atoms. The molecule has 2 rings (SSSR count). The SMILES string of the molecule is CCCCOC(=O)c1c(N)sc2c1CCC(C)(C(=O)OCC)C2. The normalized spacial score (nSPS) is 20.0. The van der Waals surface area contributed by atoms with Gasteiger partial charge in [0, 0.05) is 4.88 Å². The molecule has 0 saturated carbocycles. The molecule has 128 valence electrons. The molecule has 1 aliphatic rings.